The van der Waals surface area contributed by atoms with Gasteiger partial charge in [-0.15, -0.1) is 10.2 Å². The predicted octanol–water partition coefficient (Wildman–Crippen LogP) is 4.81. The van der Waals surface area contributed by atoms with E-state index < -0.39 is 0 Å². The van der Waals surface area contributed by atoms with Crippen molar-refractivity contribution >= 4 is 17.7 Å². The van der Waals surface area contributed by atoms with Gasteiger partial charge in [0.25, 0.3) is 0 Å². The fourth-order valence-corrected chi connectivity index (χ4v) is 6.07. The molecule has 3 aromatic rings. The third-order valence-corrected chi connectivity index (χ3v) is 7.69. The van der Waals surface area contributed by atoms with E-state index >= 15 is 0 Å². The number of piperidine rings is 1. The van der Waals surface area contributed by atoms with E-state index in [-0.39, 0.29) is 11.4 Å². The maximum atomic E-state index is 12.9. The monoisotopic (exact) mass is 446 g/mol. The Morgan fingerprint density at radius 3 is 2.53 bits per heavy atom. The number of benzene rings is 2. The number of aromatic nitrogens is 3. The van der Waals surface area contributed by atoms with Gasteiger partial charge in [-0.25, -0.2) is 0 Å². The molecule has 0 spiro atoms. The molecular weight excluding hydrogens is 416 g/mol. The van der Waals surface area contributed by atoms with Gasteiger partial charge in [0, 0.05) is 24.2 Å². The molecule has 1 amide bonds. The Kier molecular flexibility index (Phi) is 5.80. The molecule has 0 aliphatic carbocycles. The molecule has 1 saturated heterocycles. The second-order valence-electron chi connectivity index (χ2n) is 9.59. The topological polar surface area (TPSA) is 51.0 Å². The van der Waals surface area contributed by atoms with Crippen LogP contribution in [-0.2, 0) is 23.2 Å². The summed E-state index contributed by atoms with van der Waals surface area (Å²) >= 11 is 1.52. The molecule has 3 heterocycles. The molecule has 2 aliphatic rings. The first-order chi connectivity index (χ1) is 15.5. The van der Waals surface area contributed by atoms with Gasteiger partial charge in [0.05, 0.1) is 5.75 Å². The second kappa shape index (κ2) is 8.74. The van der Waals surface area contributed by atoms with Gasteiger partial charge in [-0.2, -0.15) is 0 Å². The zero-order valence-corrected chi connectivity index (χ0v) is 19.6. The molecular formula is C26H30N4OS. The zero-order chi connectivity index (χ0) is 22.1. The summed E-state index contributed by atoms with van der Waals surface area (Å²) in [5.41, 5.74) is 3.74. The molecule has 1 fully saturated rings. The van der Waals surface area contributed by atoms with Crippen molar-refractivity contribution in [1.29, 1.82) is 0 Å². The van der Waals surface area contributed by atoms with Crippen LogP contribution in [0.2, 0.25) is 0 Å². The highest BCUT2D eigenvalue weighted by Crippen LogP contribution is 2.39. The molecule has 0 atom stereocenters. The molecule has 32 heavy (non-hydrogen) atoms. The summed E-state index contributed by atoms with van der Waals surface area (Å²) in [6, 6.07) is 19.1. The maximum Gasteiger partial charge on any atom is 0.233 e. The van der Waals surface area contributed by atoms with Crippen LogP contribution in [0.5, 0.6) is 0 Å². The Bertz CT molecular complexity index is 1100. The number of amides is 1. The lowest BCUT2D eigenvalue weighted by atomic mass is 9.87. The zero-order valence-electron chi connectivity index (χ0n) is 18.8. The van der Waals surface area contributed by atoms with E-state index in [0.29, 0.717) is 11.7 Å². The van der Waals surface area contributed by atoms with Crippen LogP contribution in [0, 0.1) is 5.92 Å². The highest BCUT2D eigenvalue weighted by atomic mass is 32.2. The van der Waals surface area contributed by atoms with Crippen molar-refractivity contribution in [1.82, 2.24) is 19.7 Å². The van der Waals surface area contributed by atoms with Crippen molar-refractivity contribution in [3.63, 3.8) is 0 Å². The van der Waals surface area contributed by atoms with Crippen molar-refractivity contribution in [2.45, 2.75) is 50.2 Å². The van der Waals surface area contributed by atoms with Crippen molar-refractivity contribution in [2.75, 3.05) is 18.8 Å². The number of carbonyl (C=O) groups is 1. The molecule has 0 radical (unpaired) electrons. The first-order valence-electron chi connectivity index (χ1n) is 11.5. The normalized spacial score (nSPS) is 17.6. The molecule has 5 nitrogen and oxygen atoms in total. The SMILES string of the molecule is CC1(C)Cc2ccccc2-c2nnc(SCC(=O)N3CCC(Cc4ccccc4)CC3)n21. The second-order valence-corrected chi connectivity index (χ2v) is 10.5. The predicted molar refractivity (Wildman–Crippen MR) is 129 cm³/mol. The van der Waals surface area contributed by atoms with Gasteiger partial charge < -0.3 is 4.90 Å². The standard InChI is InChI=1S/C26H30N4OS/c1-26(2)17-21-10-6-7-11-22(21)24-27-28-25(30(24)26)32-18-23(31)29-14-12-20(13-15-29)16-19-8-4-3-5-9-19/h3-11,20H,12-18H2,1-2H3. The van der Waals surface area contributed by atoms with Crippen LogP contribution >= 0.6 is 11.8 Å². The van der Waals surface area contributed by atoms with Crippen molar-refractivity contribution < 1.29 is 4.79 Å². The lowest BCUT2D eigenvalue weighted by Gasteiger charge is -2.34. The quantitative estimate of drug-likeness (QED) is 0.528. The van der Waals surface area contributed by atoms with E-state index in [9.17, 15) is 4.79 Å². The third-order valence-electron chi connectivity index (χ3n) is 6.78. The van der Waals surface area contributed by atoms with Gasteiger partial charge >= 0.3 is 0 Å². The number of carbonyl (C=O) groups excluding carboxylic acids is 1. The summed E-state index contributed by atoms with van der Waals surface area (Å²) < 4.78 is 2.22. The van der Waals surface area contributed by atoms with E-state index in [2.05, 4.69) is 77.1 Å². The van der Waals surface area contributed by atoms with Crippen LogP contribution in [0.25, 0.3) is 11.4 Å². The Labute approximate surface area is 194 Å². The van der Waals surface area contributed by atoms with E-state index in [1.54, 1.807) is 0 Å². The number of fused-ring (bicyclic) bond motifs is 3. The molecule has 0 saturated carbocycles. The van der Waals surface area contributed by atoms with Crippen LogP contribution in [-0.4, -0.2) is 44.4 Å². The molecule has 6 heteroatoms. The van der Waals surface area contributed by atoms with E-state index in [1.807, 2.05) is 11.0 Å². The van der Waals surface area contributed by atoms with Gasteiger partial charge in [0.2, 0.25) is 5.91 Å². The summed E-state index contributed by atoms with van der Waals surface area (Å²) in [5, 5.41) is 9.81. The highest BCUT2D eigenvalue weighted by molar-refractivity contribution is 7.99. The van der Waals surface area contributed by atoms with E-state index in [1.165, 1.54) is 22.9 Å². The smallest absolute Gasteiger partial charge is 0.233 e. The number of nitrogens with zero attached hydrogens (tertiary/aromatic N) is 4. The Morgan fingerprint density at radius 2 is 1.75 bits per heavy atom. The van der Waals surface area contributed by atoms with Crippen LogP contribution in [0.3, 0.4) is 0 Å². The van der Waals surface area contributed by atoms with Crippen LogP contribution in [0.15, 0.2) is 59.8 Å². The average Bonchev–Trinajstić information content (AvgIpc) is 3.24. The maximum absolute atomic E-state index is 12.9. The Morgan fingerprint density at radius 1 is 1.03 bits per heavy atom. The van der Waals surface area contributed by atoms with Crippen molar-refractivity contribution in [3.8, 4) is 11.4 Å². The fourth-order valence-electron chi connectivity index (χ4n) is 5.07. The van der Waals surface area contributed by atoms with Crippen molar-refractivity contribution in [3.05, 3.63) is 65.7 Å². The van der Waals surface area contributed by atoms with Crippen LogP contribution in [0.1, 0.15) is 37.8 Å². The summed E-state index contributed by atoms with van der Waals surface area (Å²) in [6.07, 6.45) is 4.20. The molecule has 5 rings (SSSR count). The van der Waals surface area contributed by atoms with Gasteiger partial charge in [0.1, 0.15) is 0 Å². The lowest BCUT2D eigenvalue weighted by molar-refractivity contribution is -0.129. The fraction of sp³-hybridized carbons (Fsp3) is 0.423. The minimum absolute atomic E-state index is 0.117. The molecule has 2 aromatic carbocycles. The first kappa shape index (κ1) is 21.3. The van der Waals surface area contributed by atoms with Crippen LogP contribution in [0.4, 0.5) is 0 Å². The Balaban J connectivity index is 1.20. The summed E-state index contributed by atoms with van der Waals surface area (Å²) in [5.74, 6) is 2.20. The molecule has 1 aromatic heterocycles. The van der Waals surface area contributed by atoms with Gasteiger partial charge in [0.15, 0.2) is 11.0 Å². The Hall–Kier alpha value is -2.60. The van der Waals surface area contributed by atoms with Gasteiger partial charge in [-0.05, 0) is 56.6 Å². The molecule has 0 N–H and O–H groups in total. The number of thioether (sulfide) groups is 1. The number of hydrogen-bond acceptors (Lipinski definition) is 4. The van der Waals surface area contributed by atoms with Gasteiger partial charge in [-0.3, -0.25) is 9.36 Å². The summed E-state index contributed by atoms with van der Waals surface area (Å²) in [7, 11) is 0. The number of hydrogen-bond donors (Lipinski definition) is 0. The summed E-state index contributed by atoms with van der Waals surface area (Å²) in [4.78, 5) is 15.0. The highest BCUT2D eigenvalue weighted by Gasteiger charge is 2.34. The van der Waals surface area contributed by atoms with E-state index in [4.69, 9.17) is 0 Å². The lowest BCUT2D eigenvalue weighted by Crippen LogP contribution is -2.40. The van der Waals surface area contributed by atoms with E-state index in [0.717, 1.165) is 55.3 Å². The number of rotatable bonds is 5. The third kappa shape index (κ3) is 4.20. The minimum atomic E-state index is -0.117. The largest absolute Gasteiger partial charge is 0.342 e. The number of likely N-dealkylation sites (tertiary alicyclic amines) is 1. The van der Waals surface area contributed by atoms with Crippen molar-refractivity contribution in [2.24, 2.45) is 5.92 Å². The van der Waals surface area contributed by atoms with Gasteiger partial charge in [-0.1, -0.05) is 66.4 Å². The molecule has 166 valence electrons. The average molecular weight is 447 g/mol. The first-order valence-corrected chi connectivity index (χ1v) is 12.5. The molecule has 0 bridgehead atoms. The molecule has 2 aliphatic heterocycles. The minimum Gasteiger partial charge on any atom is -0.342 e. The van der Waals surface area contributed by atoms with Crippen LogP contribution < -0.4 is 0 Å². The summed E-state index contributed by atoms with van der Waals surface area (Å²) in [6.45, 7) is 6.15. The molecule has 0 unspecified atom stereocenters.